The van der Waals surface area contributed by atoms with Crippen LogP contribution < -0.4 is 4.74 Å². The number of phenols is 1. The third-order valence-electron chi connectivity index (χ3n) is 4.36. The van der Waals surface area contributed by atoms with Gasteiger partial charge in [-0.15, -0.1) is 11.3 Å². The third-order valence-corrected chi connectivity index (χ3v) is 5.28. The average Bonchev–Trinajstić information content (AvgIpc) is 3.31. The first kappa shape index (κ1) is 18.9. The summed E-state index contributed by atoms with van der Waals surface area (Å²) in [5.74, 6) is -0.893. The minimum Gasteiger partial charge on any atom is -0.504 e. The molecule has 1 aliphatic heterocycles. The minimum atomic E-state index is -0.936. The van der Waals surface area contributed by atoms with Crippen molar-refractivity contribution in [3.63, 3.8) is 0 Å². The molecule has 0 fully saturated rings. The van der Waals surface area contributed by atoms with Crippen molar-refractivity contribution < 1.29 is 24.5 Å². The monoisotopic (exact) mass is 388 g/mol. The normalized spacial score (nSPS) is 16.3. The second-order valence-electron chi connectivity index (χ2n) is 6.13. The van der Waals surface area contributed by atoms with E-state index >= 15 is 0 Å². The molecule has 0 spiro atoms. The number of carbonyl (C=O) groups excluding carboxylic acids is 1. The molecule has 1 aliphatic rings. The average molecular weight is 388 g/mol. The Hall–Kier alpha value is -2.87. The van der Waals surface area contributed by atoms with Crippen LogP contribution in [0.2, 0.25) is 0 Å². The predicted molar refractivity (Wildman–Crippen MR) is 101 cm³/mol. The van der Waals surface area contributed by atoms with E-state index in [1.807, 2.05) is 17.5 Å². The highest BCUT2D eigenvalue weighted by Crippen LogP contribution is 2.41. The number of rotatable bonds is 7. The Balaban J connectivity index is 1.89. The Labute approximate surface area is 160 Å². The number of para-hydroxylation sites is 1. The van der Waals surface area contributed by atoms with Gasteiger partial charge in [-0.05, 0) is 23.9 Å². The van der Waals surface area contributed by atoms with Gasteiger partial charge in [0.25, 0.3) is 0 Å². The molecule has 1 atom stereocenters. The van der Waals surface area contributed by atoms with E-state index in [2.05, 4.69) is 5.10 Å². The number of hydrogen-bond donors (Lipinski definition) is 2. The molecule has 7 nitrogen and oxygen atoms in total. The van der Waals surface area contributed by atoms with Gasteiger partial charge in [0, 0.05) is 24.8 Å². The SMILES string of the molecule is COc1cccc(C2CC(c3cccs3)=NN2C(=O)CCCC(=O)O)c1O. The molecule has 0 saturated heterocycles. The van der Waals surface area contributed by atoms with Crippen molar-refractivity contribution >= 4 is 28.9 Å². The Morgan fingerprint density at radius 2 is 2.11 bits per heavy atom. The Bertz CT molecular complexity index is 863. The third kappa shape index (κ3) is 4.11. The summed E-state index contributed by atoms with van der Waals surface area (Å²) in [5.41, 5.74) is 1.32. The Morgan fingerprint density at radius 3 is 2.78 bits per heavy atom. The van der Waals surface area contributed by atoms with Gasteiger partial charge in [0.2, 0.25) is 5.91 Å². The van der Waals surface area contributed by atoms with Crippen LogP contribution in [0.5, 0.6) is 11.5 Å². The van der Waals surface area contributed by atoms with Crippen LogP contribution in [0.4, 0.5) is 0 Å². The van der Waals surface area contributed by atoms with Crippen molar-refractivity contribution in [2.45, 2.75) is 31.7 Å². The second kappa shape index (κ2) is 8.22. The van der Waals surface area contributed by atoms with Crippen molar-refractivity contribution in [3.05, 3.63) is 46.2 Å². The summed E-state index contributed by atoms with van der Waals surface area (Å²) >= 11 is 1.53. The molecule has 2 aromatic rings. The van der Waals surface area contributed by atoms with E-state index in [1.165, 1.54) is 23.5 Å². The molecule has 142 valence electrons. The molecule has 1 amide bonds. The standard InChI is InChI=1S/C19H20N2O5S/c1-26-15-6-2-5-12(19(15)25)14-11-13(16-7-4-10-27-16)20-21(14)17(22)8-3-9-18(23)24/h2,4-7,10,14,25H,3,8-9,11H2,1H3,(H,23,24). The fraction of sp³-hybridized carbons (Fsp3) is 0.316. The molecule has 0 radical (unpaired) electrons. The van der Waals surface area contributed by atoms with Crippen LogP contribution in [0.15, 0.2) is 40.8 Å². The first-order chi connectivity index (χ1) is 13.0. The van der Waals surface area contributed by atoms with E-state index in [1.54, 1.807) is 18.2 Å². The van der Waals surface area contributed by atoms with Crippen LogP contribution in [-0.4, -0.2) is 39.9 Å². The number of thiophene rings is 1. The fourth-order valence-electron chi connectivity index (χ4n) is 3.05. The van der Waals surface area contributed by atoms with E-state index in [4.69, 9.17) is 9.84 Å². The number of carbonyl (C=O) groups is 2. The number of nitrogens with zero attached hydrogens (tertiary/aromatic N) is 2. The van der Waals surface area contributed by atoms with Gasteiger partial charge in [-0.1, -0.05) is 18.2 Å². The van der Waals surface area contributed by atoms with Gasteiger partial charge in [0.15, 0.2) is 11.5 Å². The molecule has 2 N–H and O–H groups in total. The minimum absolute atomic E-state index is 0.0176. The van der Waals surface area contributed by atoms with E-state index < -0.39 is 12.0 Å². The van der Waals surface area contributed by atoms with Crippen molar-refractivity contribution in [1.29, 1.82) is 0 Å². The highest BCUT2D eigenvalue weighted by molar-refractivity contribution is 7.12. The highest BCUT2D eigenvalue weighted by Gasteiger charge is 2.35. The number of hydrazone groups is 1. The maximum Gasteiger partial charge on any atom is 0.303 e. The number of aliphatic carboxylic acids is 1. The Morgan fingerprint density at radius 1 is 1.30 bits per heavy atom. The number of carboxylic acids is 1. The van der Waals surface area contributed by atoms with Gasteiger partial charge in [-0.2, -0.15) is 5.10 Å². The fourth-order valence-corrected chi connectivity index (χ4v) is 3.77. The van der Waals surface area contributed by atoms with Crippen molar-refractivity contribution in [2.24, 2.45) is 5.10 Å². The first-order valence-electron chi connectivity index (χ1n) is 8.52. The summed E-state index contributed by atoms with van der Waals surface area (Å²) in [7, 11) is 1.47. The smallest absolute Gasteiger partial charge is 0.303 e. The molecule has 8 heteroatoms. The number of hydrogen-bond acceptors (Lipinski definition) is 6. The molecular weight excluding hydrogens is 368 g/mol. The maximum absolute atomic E-state index is 12.7. The summed E-state index contributed by atoms with van der Waals surface area (Å²) in [5, 5.41) is 27.1. The molecule has 0 bridgehead atoms. The zero-order valence-corrected chi connectivity index (χ0v) is 15.6. The summed E-state index contributed by atoms with van der Waals surface area (Å²) in [4.78, 5) is 24.4. The first-order valence-corrected chi connectivity index (χ1v) is 9.40. The van der Waals surface area contributed by atoms with E-state index in [-0.39, 0.29) is 30.9 Å². The van der Waals surface area contributed by atoms with Gasteiger partial charge in [-0.25, -0.2) is 5.01 Å². The van der Waals surface area contributed by atoms with Crippen LogP contribution in [0.1, 0.15) is 42.2 Å². The van der Waals surface area contributed by atoms with E-state index in [9.17, 15) is 14.7 Å². The maximum atomic E-state index is 12.7. The molecular formula is C19H20N2O5S. The molecule has 0 saturated carbocycles. The van der Waals surface area contributed by atoms with Crippen LogP contribution in [0.25, 0.3) is 0 Å². The summed E-state index contributed by atoms with van der Waals surface area (Å²) in [6.45, 7) is 0. The number of ether oxygens (including phenoxy) is 1. The predicted octanol–water partition coefficient (Wildman–Crippen LogP) is 3.39. The number of methoxy groups -OCH3 is 1. The van der Waals surface area contributed by atoms with Gasteiger partial charge in [0.1, 0.15) is 0 Å². The number of phenolic OH excluding ortho intramolecular Hbond substituents is 1. The molecule has 0 aliphatic carbocycles. The van der Waals surface area contributed by atoms with Crippen LogP contribution in [0.3, 0.4) is 0 Å². The van der Waals surface area contributed by atoms with E-state index in [0.29, 0.717) is 17.7 Å². The van der Waals surface area contributed by atoms with Crippen LogP contribution >= 0.6 is 11.3 Å². The quantitative estimate of drug-likeness (QED) is 0.757. The van der Waals surface area contributed by atoms with E-state index in [0.717, 1.165) is 10.6 Å². The number of benzene rings is 1. The molecule has 2 heterocycles. The zero-order valence-electron chi connectivity index (χ0n) is 14.8. The van der Waals surface area contributed by atoms with Crippen molar-refractivity contribution in [3.8, 4) is 11.5 Å². The summed E-state index contributed by atoms with van der Waals surface area (Å²) < 4.78 is 5.18. The molecule has 1 aromatic carbocycles. The molecule has 27 heavy (non-hydrogen) atoms. The van der Waals surface area contributed by atoms with Gasteiger partial charge in [0.05, 0.1) is 23.7 Å². The summed E-state index contributed by atoms with van der Waals surface area (Å²) in [6, 6.07) is 8.53. The summed E-state index contributed by atoms with van der Waals surface area (Å²) in [6.07, 6.45) is 0.710. The lowest BCUT2D eigenvalue weighted by atomic mass is 9.99. The zero-order chi connectivity index (χ0) is 19.4. The molecule has 1 aromatic heterocycles. The van der Waals surface area contributed by atoms with Crippen LogP contribution in [-0.2, 0) is 9.59 Å². The van der Waals surface area contributed by atoms with Crippen molar-refractivity contribution in [2.75, 3.05) is 7.11 Å². The second-order valence-corrected chi connectivity index (χ2v) is 7.08. The lowest BCUT2D eigenvalue weighted by molar-refractivity contribution is -0.137. The number of amides is 1. The van der Waals surface area contributed by atoms with Crippen molar-refractivity contribution in [1.82, 2.24) is 5.01 Å². The van der Waals surface area contributed by atoms with Crippen LogP contribution in [0, 0.1) is 0 Å². The largest absolute Gasteiger partial charge is 0.504 e. The Kier molecular flexibility index (Phi) is 5.75. The lowest BCUT2D eigenvalue weighted by Gasteiger charge is -2.23. The lowest BCUT2D eigenvalue weighted by Crippen LogP contribution is -2.27. The number of aromatic hydroxyl groups is 1. The van der Waals surface area contributed by atoms with Gasteiger partial charge >= 0.3 is 5.97 Å². The van der Waals surface area contributed by atoms with Gasteiger partial charge in [-0.3, -0.25) is 9.59 Å². The topological polar surface area (TPSA) is 99.4 Å². The number of carboxylic acid groups (broad SMARTS) is 1. The van der Waals surface area contributed by atoms with Gasteiger partial charge < -0.3 is 14.9 Å². The highest BCUT2D eigenvalue weighted by atomic mass is 32.1. The molecule has 3 rings (SSSR count). The molecule has 1 unspecified atom stereocenters.